The second-order valence-electron chi connectivity index (χ2n) is 8.16. The van der Waals surface area contributed by atoms with Crippen LogP contribution in [-0.2, 0) is 4.74 Å². The van der Waals surface area contributed by atoms with Crippen molar-refractivity contribution >= 4 is 39.0 Å². The predicted octanol–water partition coefficient (Wildman–Crippen LogP) is 5.11. The molecule has 34 heavy (non-hydrogen) atoms. The molecule has 0 bridgehead atoms. The van der Waals surface area contributed by atoms with E-state index in [0.717, 1.165) is 22.3 Å². The second-order valence-corrected chi connectivity index (χ2v) is 9.04. The molecular formula is C26H25N3O4S. The number of ether oxygens (including phenoxy) is 1. The number of nitrogens with zero attached hydrogens (tertiary/aromatic N) is 2. The molecule has 174 valence electrons. The Labute approximate surface area is 201 Å². The van der Waals surface area contributed by atoms with Crippen LogP contribution in [0.25, 0.3) is 16.5 Å². The van der Waals surface area contributed by atoms with Gasteiger partial charge in [-0.1, -0.05) is 12.1 Å². The van der Waals surface area contributed by atoms with Crippen LogP contribution in [0.1, 0.15) is 50.0 Å². The molecule has 2 aromatic heterocycles. The number of aromatic nitrogens is 2. The Morgan fingerprint density at radius 3 is 2.32 bits per heavy atom. The maximum Gasteiger partial charge on any atom is 0.359 e. The molecule has 0 spiro atoms. The van der Waals surface area contributed by atoms with Gasteiger partial charge < -0.3 is 10.1 Å². The molecule has 7 nitrogen and oxygen atoms in total. The van der Waals surface area contributed by atoms with Crippen LogP contribution >= 0.6 is 11.3 Å². The zero-order valence-electron chi connectivity index (χ0n) is 19.7. The van der Waals surface area contributed by atoms with Crippen LogP contribution in [0.4, 0.5) is 5.00 Å². The average Bonchev–Trinajstić information content (AvgIpc) is 3.22. The molecular weight excluding hydrogens is 450 g/mol. The third-order valence-electron chi connectivity index (χ3n) is 5.85. The van der Waals surface area contributed by atoms with Crippen LogP contribution in [0, 0.1) is 27.7 Å². The monoisotopic (exact) mass is 475 g/mol. The number of thiophene rings is 1. The first-order valence-corrected chi connectivity index (χ1v) is 11.8. The summed E-state index contributed by atoms with van der Waals surface area (Å²) >= 11 is 1.17. The maximum absolute atomic E-state index is 13.6. The van der Waals surface area contributed by atoms with Gasteiger partial charge in [0.05, 0.1) is 17.7 Å². The lowest BCUT2D eigenvalue weighted by molar-refractivity contribution is 0.0520. The van der Waals surface area contributed by atoms with Crippen molar-refractivity contribution < 1.29 is 14.3 Å². The molecule has 4 rings (SSSR count). The van der Waals surface area contributed by atoms with Crippen molar-refractivity contribution in [1.82, 2.24) is 9.78 Å². The second kappa shape index (κ2) is 9.23. The lowest BCUT2D eigenvalue weighted by Gasteiger charge is -2.11. The Morgan fingerprint density at radius 2 is 1.68 bits per heavy atom. The van der Waals surface area contributed by atoms with Gasteiger partial charge >= 0.3 is 5.97 Å². The Balaban J connectivity index is 1.88. The quantitative estimate of drug-likeness (QED) is 0.405. The lowest BCUT2D eigenvalue weighted by Crippen LogP contribution is -2.25. The van der Waals surface area contributed by atoms with Gasteiger partial charge in [-0.3, -0.25) is 9.59 Å². The van der Waals surface area contributed by atoms with Gasteiger partial charge in [0, 0.05) is 16.3 Å². The zero-order chi connectivity index (χ0) is 24.6. The number of aryl methyl sites for hydroxylation is 4. The number of benzene rings is 2. The third-order valence-corrected chi connectivity index (χ3v) is 6.75. The number of hydrogen-bond acceptors (Lipinski definition) is 6. The molecule has 0 saturated carbocycles. The largest absolute Gasteiger partial charge is 0.461 e. The number of hydrogen-bond donors (Lipinski definition) is 1. The molecule has 4 aromatic rings. The highest BCUT2D eigenvalue weighted by Gasteiger charge is 2.23. The molecule has 2 aromatic carbocycles. The van der Waals surface area contributed by atoms with Crippen LogP contribution < -0.4 is 10.9 Å². The van der Waals surface area contributed by atoms with E-state index in [1.807, 2.05) is 45.9 Å². The van der Waals surface area contributed by atoms with Crippen LogP contribution in [0.15, 0.2) is 46.6 Å². The van der Waals surface area contributed by atoms with E-state index in [1.165, 1.54) is 16.0 Å². The molecule has 0 radical (unpaired) electrons. The molecule has 0 saturated heterocycles. The van der Waals surface area contributed by atoms with Gasteiger partial charge in [0.15, 0.2) is 5.69 Å². The smallest absolute Gasteiger partial charge is 0.359 e. The summed E-state index contributed by atoms with van der Waals surface area (Å²) in [4.78, 5) is 39.2. The highest BCUT2D eigenvalue weighted by Crippen LogP contribution is 2.31. The van der Waals surface area contributed by atoms with Crippen LogP contribution in [-0.4, -0.2) is 28.3 Å². The fourth-order valence-corrected chi connectivity index (χ4v) is 4.51. The number of carbonyl (C=O) groups excluding carboxylic acids is 2. The third kappa shape index (κ3) is 4.24. The summed E-state index contributed by atoms with van der Waals surface area (Å²) in [6.45, 7) is 9.70. The van der Waals surface area contributed by atoms with Crippen molar-refractivity contribution in [3.05, 3.63) is 85.6 Å². The Kier molecular flexibility index (Phi) is 6.34. The van der Waals surface area contributed by atoms with E-state index in [4.69, 9.17) is 4.74 Å². The average molecular weight is 476 g/mol. The fourth-order valence-electron chi connectivity index (χ4n) is 3.58. The Bertz CT molecular complexity index is 1500. The first-order chi connectivity index (χ1) is 16.2. The molecule has 0 unspecified atom stereocenters. The van der Waals surface area contributed by atoms with Gasteiger partial charge in [-0.25, -0.2) is 4.79 Å². The van der Waals surface area contributed by atoms with Crippen molar-refractivity contribution in [2.75, 3.05) is 11.9 Å². The van der Waals surface area contributed by atoms with E-state index in [1.54, 1.807) is 30.5 Å². The topological polar surface area (TPSA) is 90.3 Å². The first-order valence-electron chi connectivity index (χ1n) is 10.9. The van der Waals surface area contributed by atoms with Gasteiger partial charge in [0.2, 0.25) is 0 Å². The normalized spacial score (nSPS) is 11.0. The van der Waals surface area contributed by atoms with Gasteiger partial charge in [-0.05, 0) is 81.1 Å². The summed E-state index contributed by atoms with van der Waals surface area (Å²) in [5.41, 5.74) is 4.74. The molecule has 0 aliphatic rings. The van der Waals surface area contributed by atoms with Crippen molar-refractivity contribution in [2.24, 2.45) is 0 Å². The minimum Gasteiger partial charge on any atom is -0.461 e. The number of anilines is 1. The van der Waals surface area contributed by atoms with E-state index in [9.17, 15) is 14.4 Å². The van der Waals surface area contributed by atoms with Gasteiger partial charge in [-0.15, -0.1) is 11.3 Å². The Morgan fingerprint density at radius 1 is 1.00 bits per heavy atom. The highest BCUT2D eigenvalue weighted by atomic mass is 32.1. The van der Waals surface area contributed by atoms with Crippen molar-refractivity contribution in [2.45, 2.75) is 34.6 Å². The highest BCUT2D eigenvalue weighted by molar-refractivity contribution is 7.16. The number of nitrogens with one attached hydrogen (secondary N) is 1. The number of rotatable bonds is 5. The van der Waals surface area contributed by atoms with E-state index in [0.29, 0.717) is 21.6 Å². The van der Waals surface area contributed by atoms with E-state index >= 15 is 0 Å². The summed E-state index contributed by atoms with van der Waals surface area (Å²) in [6, 6.07) is 10.9. The fraction of sp³-hybridized carbons (Fsp3) is 0.231. The summed E-state index contributed by atoms with van der Waals surface area (Å²) in [6.07, 6.45) is 0. The Hall–Kier alpha value is -3.78. The summed E-state index contributed by atoms with van der Waals surface area (Å²) in [7, 11) is 0. The van der Waals surface area contributed by atoms with Crippen LogP contribution in [0.5, 0.6) is 0 Å². The van der Waals surface area contributed by atoms with Crippen LogP contribution in [0.3, 0.4) is 0 Å². The number of esters is 1. The predicted molar refractivity (Wildman–Crippen MR) is 135 cm³/mol. The molecule has 8 heteroatoms. The van der Waals surface area contributed by atoms with Gasteiger partial charge in [0.1, 0.15) is 5.00 Å². The van der Waals surface area contributed by atoms with Crippen molar-refractivity contribution in [3.8, 4) is 5.69 Å². The van der Waals surface area contributed by atoms with E-state index in [2.05, 4.69) is 10.4 Å². The molecule has 1 N–H and O–H groups in total. The molecule has 0 aliphatic heterocycles. The molecule has 2 heterocycles. The summed E-state index contributed by atoms with van der Waals surface area (Å²) in [5.74, 6) is -0.964. The SMILES string of the molecule is CCOC(=O)c1nn(-c2ccc(C)c(C)c2)c(=O)c2c(NC(=O)c3ccc(C)c(C)c3)scc12. The standard InChI is InChI=1S/C26H25N3O4S/c1-6-33-26(32)22-20-13-34-24(27-23(30)18-9-7-14(2)16(4)11-18)21(20)25(31)29(28-22)19-10-8-15(3)17(5)12-19/h7-13H,6H2,1-5H3,(H,27,30). The number of fused-ring (bicyclic) bond motifs is 1. The van der Waals surface area contributed by atoms with E-state index in [-0.39, 0.29) is 23.6 Å². The van der Waals surface area contributed by atoms with Gasteiger partial charge in [0.25, 0.3) is 11.5 Å². The minimum absolute atomic E-state index is 0.0256. The number of carbonyl (C=O) groups is 2. The lowest BCUT2D eigenvalue weighted by atomic mass is 10.1. The first kappa shape index (κ1) is 23.4. The number of amides is 1. The molecule has 1 amide bonds. The van der Waals surface area contributed by atoms with Crippen molar-refractivity contribution in [1.29, 1.82) is 0 Å². The van der Waals surface area contributed by atoms with Gasteiger partial charge in [-0.2, -0.15) is 9.78 Å². The maximum atomic E-state index is 13.6. The minimum atomic E-state index is -0.630. The van der Waals surface area contributed by atoms with E-state index < -0.39 is 11.5 Å². The molecule has 0 fully saturated rings. The van der Waals surface area contributed by atoms with Crippen molar-refractivity contribution in [3.63, 3.8) is 0 Å². The summed E-state index contributed by atoms with van der Waals surface area (Å²) < 4.78 is 6.39. The molecule has 0 atom stereocenters. The molecule has 0 aliphatic carbocycles. The zero-order valence-corrected chi connectivity index (χ0v) is 20.5. The summed E-state index contributed by atoms with van der Waals surface area (Å²) in [5, 5.41) is 9.78. The van der Waals surface area contributed by atoms with Crippen LogP contribution in [0.2, 0.25) is 0 Å².